The molecule has 0 aromatic rings. The SMILES string of the molecule is C[C@H](CO)NC(=O)CC1(N)CCCCC1. The zero-order chi connectivity index (χ0) is 11.3. The zero-order valence-electron chi connectivity index (χ0n) is 9.46. The van der Waals surface area contributed by atoms with Crippen molar-refractivity contribution < 1.29 is 9.90 Å². The third kappa shape index (κ3) is 4.18. The first-order valence-electron chi connectivity index (χ1n) is 5.75. The molecule has 1 fully saturated rings. The number of amides is 1. The third-order valence-electron chi connectivity index (χ3n) is 3.04. The number of hydrogen-bond donors (Lipinski definition) is 3. The van der Waals surface area contributed by atoms with Crippen LogP contribution in [0.25, 0.3) is 0 Å². The molecular formula is C11H22N2O2. The Bertz CT molecular complexity index is 213. The Balaban J connectivity index is 2.35. The predicted molar refractivity (Wildman–Crippen MR) is 59.3 cm³/mol. The van der Waals surface area contributed by atoms with E-state index in [9.17, 15) is 4.79 Å². The summed E-state index contributed by atoms with van der Waals surface area (Å²) in [6.45, 7) is 1.76. The van der Waals surface area contributed by atoms with Crippen LogP contribution in [0.5, 0.6) is 0 Å². The van der Waals surface area contributed by atoms with Crippen molar-refractivity contribution in [2.45, 2.75) is 57.0 Å². The molecule has 0 heterocycles. The predicted octanol–water partition coefficient (Wildman–Crippen LogP) is 0.535. The lowest BCUT2D eigenvalue weighted by Gasteiger charge is -2.33. The second-order valence-corrected chi connectivity index (χ2v) is 4.75. The molecule has 0 saturated heterocycles. The van der Waals surface area contributed by atoms with Crippen molar-refractivity contribution in [3.63, 3.8) is 0 Å². The molecule has 4 N–H and O–H groups in total. The first-order chi connectivity index (χ1) is 7.06. The maximum Gasteiger partial charge on any atom is 0.222 e. The van der Waals surface area contributed by atoms with Crippen molar-refractivity contribution in [3.8, 4) is 0 Å². The fraction of sp³-hybridized carbons (Fsp3) is 0.909. The Kier molecular flexibility index (Phi) is 4.54. The first-order valence-corrected chi connectivity index (χ1v) is 5.75. The molecule has 1 saturated carbocycles. The van der Waals surface area contributed by atoms with Crippen molar-refractivity contribution in [1.29, 1.82) is 0 Å². The number of hydrogen-bond acceptors (Lipinski definition) is 3. The van der Waals surface area contributed by atoms with Gasteiger partial charge < -0.3 is 16.2 Å². The van der Waals surface area contributed by atoms with Crippen LogP contribution < -0.4 is 11.1 Å². The fourth-order valence-corrected chi connectivity index (χ4v) is 2.12. The lowest BCUT2D eigenvalue weighted by atomic mass is 9.80. The largest absolute Gasteiger partial charge is 0.394 e. The third-order valence-corrected chi connectivity index (χ3v) is 3.04. The van der Waals surface area contributed by atoms with Gasteiger partial charge >= 0.3 is 0 Å². The van der Waals surface area contributed by atoms with E-state index in [1.165, 1.54) is 6.42 Å². The summed E-state index contributed by atoms with van der Waals surface area (Å²) in [5, 5.41) is 11.5. The minimum absolute atomic E-state index is 0.0245. The Morgan fingerprint density at radius 2 is 2.07 bits per heavy atom. The van der Waals surface area contributed by atoms with Crippen LogP contribution in [0.3, 0.4) is 0 Å². The van der Waals surface area contributed by atoms with Gasteiger partial charge in [0.2, 0.25) is 5.91 Å². The Hall–Kier alpha value is -0.610. The molecule has 1 rings (SSSR count). The summed E-state index contributed by atoms with van der Waals surface area (Å²) in [6, 6.07) is -0.176. The molecule has 0 radical (unpaired) electrons. The summed E-state index contributed by atoms with van der Waals surface area (Å²) < 4.78 is 0. The molecule has 4 nitrogen and oxygen atoms in total. The monoisotopic (exact) mass is 214 g/mol. The van der Waals surface area contributed by atoms with Gasteiger partial charge in [0.1, 0.15) is 0 Å². The van der Waals surface area contributed by atoms with Crippen LogP contribution in [-0.2, 0) is 4.79 Å². The average Bonchev–Trinajstić information content (AvgIpc) is 2.17. The van der Waals surface area contributed by atoms with Crippen LogP contribution in [0.2, 0.25) is 0 Å². The van der Waals surface area contributed by atoms with Gasteiger partial charge in [0.05, 0.1) is 6.61 Å². The molecule has 0 aromatic heterocycles. The summed E-state index contributed by atoms with van der Waals surface area (Å²) in [7, 11) is 0. The quantitative estimate of drug-likeness (QED) is 0.639. The van der Waals surface area contributed by atoms with Crippen LogP contribution in [0.1, 0.15) is 45.4 Å². The van der Waals surface area contributed by atoms with Gasteiger partial charge in [-0.15, -0.1) is 0 Å². The Morgan fingerprint density at radius 1 is 1.47 bits per heavy atom. The summed E-state index contributed by atoms with van der Waals surface area (Å²) >= 11 is 0. The van der Waals surface area contributed by atoms with Gasteiger partial charge in [-0.2, -0.15) is 0 Å². The second-order valence-electron chi connectivity index (χ2n) is 4.75. The van der Waals surface area contributed by atoms with Gasteiger partial charge in [-0.05, 0) is 19.8 Å². The minimum Gasteiger partial charge on any atom is -0.394 e. The van der Waals surface area contributed by atoms with E-state index in [4.69, 9.17) is 10.8 Å². The summed E-state index contributed by atoms with van der Waals surface area (Å²) in [4.78, 5) is 11.6. The number of rotatable bonds is 4. The molecule has 1 atom stereocenters. The molecule has 1 aliphatic rings. The van der Waals surface area contributed by atoms with E-state index in [2.05, 4.69) is 5.32 Å². The number of nitrogens with one attached hydrogen (secondary N) is 1. The smallest absolute Gasteiger partial charge is 0.222 e. The van der Waals surface area contributed by atoms with Gasteiger partial charge in [0.25, 0.3) is 0 Å². The van der Waals surface area contributed by atoms with Crippen LogP contribution in [0.4, 0.5) is 0 Å². The molecule has 0 unspecified atom stereocenters. The van der Waals surface area contributed by atoms with Gasteiger partial charge in [0, 0.05) is 18.0 Å². The van der Waals surface area contributed by atoms with Crippen LogP contribution in [0, 0.1) is 0 Å². The highest BCUT2D eigenvalue weighted by Crippen LogP contribution is 2.28. The first kappa shape index (κ1) is 12.5. The van der Waals surface area contributed by atoms with E-state index in [1.807, 2.05) is 0 Å². The average molecular weight is 214 g/mol. The fourth-order valence-electron chi connectivity index (χ4n) is 2.12. The van der Waals surface area contributed by atoms with Crippen LogP contribution >= 0.6 is 0 Å². The molecule has 0 aliphatic heterocycles. The number of carbonyl (C=O) groups excluding carboxylic acids is 1. The maximum absolute atomic E-state index is 11.6. The van der Waals surface area contributed by atoms with E-state index in [0.717, 1.165) is 25.7 Å². The maximum atomic E-state index is 11.6. The van der Waals surface area contributed by atoms with Crippen LogP contribution in [0.15, 0.2) is 0 Å². The summed E-state index contributed by atoms with van der Waals surface area (Å²) in [5.74, 6) is -0.0408. The van der Waals surface area contributed by atoms with Crippen molar-refractivity contribution in [1.82, 2.24) is 5.32 Å². The van der Waals surface area contributed by atoms with Crippen molar-refractivity contribution in [2.75, 3.05) is 6.61 Å². The minimum atomic E-state index is -0.308. The van der Waals surface area contributed by atoms with Crippen molar-refractivity contribution in [3.05, 3.63) is 0 Å². The Labute approximate surface area is 91.2 Å². The van der Waals surface area contributed by atoms with Crippen LogP contribution in [-0.4, -0.2) is 29.2 Å². The number of aliphatic hydroxyl groups is 1. The number of carbonyl (C=O) groups is 1. The van der Waals surface area contributed by atoms with E-state index < -0.39 is 0 Å². The molecule has 1 amide bonds. The molecule has 88 valence electrons. The molecule has 15 heavy (non-hydrogen) atoms. The number of nitrogens with two attached hydrogens (primary N) is 1. The highest BCUT2D eigenvalue weighted by atomic mass is 16.3. The molecule has 0 aromatic carbocycles. The van der Waals surface area contributed by atoms with Gasteiger partial charge in [-0.1, -0.05) is 19.3 Å². The normalized spacial score (nSPS) is 22.1. The van der Waals surface area contributed by atoms with Crippen molar-refractivity contribution >= 4 is 5.91 Å². The van der Waals surface area contributed by atoms with Crippen molar-refractivity contribution in [2.24, 2.45) is 5.73 Å². The van der Waals surface area contributed by atoms with Gasteiger partial charge in [0.15, 0.2) is 0 Å². The van der Waals surface area contributed by atoms with E-state index in [-0.39, 0.29) is 24.1 Å². The zero-order valence-corrected chi connectivity index (χ0v) is 9.46. The van der Waals surface area contributed by atoms with E-state index in [0.29, 0.717) is 6.42 Å². The topological polar surface area (TPSA) is 75.3 Å². The molecular weight excluding hydrogens is 192 g/mol. The van der Waals surface area contributed by atoms with Gasteiger partial charge in [-0.25, -0.2) is 0 Å². The van der Waals surface area contributed by atoms with E-state index >= 15 is 0 Å². The molecule has 0 spiro atoms. The highest BCUT2D eigenvalue weighted by molar-refractivity contribution is 5.77. The number of aliphatic hydroxyl groups excluding tert-OH is 1. The second kappa shape index (κ2) is 5.47. The standard InChI is InChI=1S/C11H22N2O2/c1-9(8-14)13-10(15)7-11(12)5-3-2-4-6-11/h9,14H,2-8,12H2,1H3,(H,13,15)/t9-/m1/s1. The lowest BCUT2D eigenvalue weighted by Crippen LogP contribution is -2.47. The summed E-state index contributed by atoms with van der Waals surface area (Å²) in [5.41, 5.74) is 5.85. The molecule has 1 aliphatic carbocycles. The lowest BCUT2D eigenvalue weighted by molar-refractivity contribution is -0.123. The molecule has 0 bridgehead atoms. The Morgan fingerprint density at radius 3 is 2.60 bits per heavy atom. The van der Waals surface area contributed by atoms with E-state index in [1.54, 1.807) is 6.92 Å². The summed E-state index contributed by atoms with van der Waals surface area (Å²) in [6.07, 6.45) is 5.74. The highest BCUT2D eigenvalue weighted by Gasteiger charge is 2.30. The molecule has 4 heteroatoms. The van der Waals surface area contributed by atoms with Gasteiger partial charge in [-0.3, -0.25) is 4.79 Å².